The first kappa shape index (κ1) is 19.7. The lowest BCUT2D eigenvalue weighted by molar-refractivity contribution is -0.137. The van der Waals surface area contributed by atoms with E-state index in [1.54, 1.807) is 24.3 Å². The fourth-order valence-corrected chi connectivity index (χ4v) is 4.63. The zero-order valence-electron chi connectivity index (χ0n) is 15.3. The number of hydrogen-bond acceptors (Lipinski definition) is 5. The van der Waals surface area contributed by atoms with Gasteiger partial charge in [0.1, 0.15) is 11.6 Å². The Morgan fingerprint density at radius 1 is 1.10 bits per heavy atom. The topological polar surface area (TPSA) is 71.9 Å². The third kappa shape index (κ3) is 4.36. The Morgan fingerprint density at radius 2 is 1.86 bits per heavy atom. The molecule has 1 aromatic carbocycles. The van der Waals surface area contributed by atoms with Gasteiger partial charge in [-0.25, -0.2) is 13.4 Å². The van der Waals surface area contributed by atoms with Crippen LogP contribution in [-0.2, 0) is 16.2 Å². The lowest BCUT2D eigenvalue weighted by Crippen LogP contribution is -2.46. The lowest BCUT2D eigenvalue weighted by atomic mass is 9.89. The minimum Gasteiger partial charge on any atom is -0.439 e. The van der Waals surface area contributed by atoms with Crippen LogP contribution in [0.3, 0.4) is 0 Å². The number of amidine groups is 1. The average molecular weight is 425 g/mol. The van der Waals surface area contributed by atoms with Crippen molar-refractivity contribution in [1.29, 1.82) is 0 Å². The van der Waals surface area contributed by atoms with Crippen molar-refractivity contribution in [2.45, 2.75) is 24.9 Å². The van der Waals surface area contributed by atoms with Crippen LogP contribution < -0.4 is 4.74 Å². The molecule has 1 aromatic heterocycles. The van der Waals surface area contributed by atoms with Crippen molar-refractivity contribution in [2.75, 3.05) is 18.8 Å². The molecule has 10 heteroatoms. The Labute approximate surface area is 166 Å². The molecule has 0 bridgehead atoms. The molecule has 2 aliphatic heterocycles. The predicted octanol–water partition coefficient (Wildman–Crippen LogP) is 3.81. The van der Waals surface area contributed by atoms with Gasteiger partial charge in [-0.2, -0.15) is 13.2 Å². The van der Waals surface area contributed by atoms with Gasteiger partial charge in [-0.05, 0) is 36.6 Å². The molecule has 2 aromatic rings. The molecule has 1 fully saturated rings. The third-order valence-corrected chi connectivity index (χ3v) is 6.14. The number of rotatable bonds is 3. The van der Waals surface area contributed by atoms with Gasteiger partial charge in [0.05, 0.1) is 11.3 Å². The molecule has 0 amide bonds. The van der Waals surface area contributed by atoms with Crippen LogP contribution in [-0.4, -0.2) is 43.0 Å². The fraction of sp³-hybridized carbons (Fsp3) is 0.368. The van der Waals surface area contributed by atoms with Crippen molar-refractivity contribution in [1.82, 2.24) is 9.88 Å². The van der Waals surface area contributed by atoms with Crippen LogP contribution >= 0.6 is 0 Å². The smallest absolute Gasteiger partial charge is 0.416 e. The molecular weight excluding hydrogens is 407 g/mol. The van der Waals surface area contributed by atoms with E-state index in [9.17, 15) is 21.6 Å². The second-order valence-corrected chi connectivity index (χ2v) is 8.72. The highest BCUT2D eigenvalue weighted by Gasteiger charge is 2.34. The minimum absolute atomic E-state index is 0.0278. The molecule has 0 radical (unpaired) electrons. The maximum atomic E-state index is 12.8. The summed E-state index contributed by atoms with van der Waals surface area (Å²) in [6, 6.07) is 8.54. The molecule has 6 nitrogen and oxygen atoms in total. The second-order valence-electron chi connectivity index (χ2n) is 6.97. The summed E-state index contributed by atoms with van der Waals surface area (Å²) in [4.78, 5) is 5.82. The summed E-state index contributed by atoms with van der Waals surface area (Å²) >= 11 is 0. The average Bonchev–Trinajstić information content (AvgIpc) is 2.67. The quantitative estimate of drug-likeness (QED) is 0.748. The number of aromatic nitrogens is 1. The first-order valence-electron chi connectivity index (χ1n) is 9.10. The van der Waals surface area contributed by atoms with E-state index in [1.807, 2.05) is 4.90 Å². The first-order valence-corrected chi connectivity index (χ1v) is 10.7. The van der Waals surface area contributed by atoms with Gasteiger partial charge in [-0.3, -0.25) is 0 Å². The Morgan fingerprint density at radius 3 is 2.59 bits per heavy atom. The number of ether oxygens (including phenoxy) is 1. The van der Waals surface area contributed by atoms with E-state index < -0.39 is 21.8 Å². The number of halogens is 3. The van der Waals surface area contributed by atoms with Crippen LogP contribution in [0.5, 0.6) is 11.6 Å². The number of sulfonamides is 1. The van der Waals surface area contributed by atoms with Crippen molar-refractivity contribution >= 4 is 15.9 Å². The van der Waals surface area contributed by atoms with Crippen molar-refractivity contribution in [2.24, 2.45) is 4.40 Å². The van der Waals surface area contributed by atoms with E-state index in [-0.39, 0.29) is 17.6 Å². The molecule has 0 spiro atoms. The van der Waals surface area contributed by atoms with Gasteiger partial charge in [0.2, 0.25) is 5.88 Å². The van der Waals surface area contributed by atoms with Crippen molar-refractivity contribution in [3.63, 3.8) is 0 Å². The van der Waals surface area contributed by atoms with Crippen molar-refractivity contribution < 1.29 is 26.3 Å². The zero-order valence-corrected chi connectivity index (χ0v) is 16.1. The normalized spacial score (nSPS) is 21.3. The van der Waals surface area contributed by atoms with Gasteiger partial charge in [0.15, 0.2) is 0 Å². The van der Waals surface area contributed by atoms with E-state index in [0.717, 1.165) is 43.3 Å². The molecule has 154 valence electrons. The molecule has 29 heavy (non-hydrogen) atoms. The van der Waals surface area contributed by atoms with Gasteiger partial charge in [0.25, 0.3) is 10.0 Å². The molecule has 0 aliphatic carbocycles. The lowest BCUT2D eigenvalue weighted by Gasteiger charge is -2.37. The number of hydrogen-bond donors (Lipinski definition) is 0. The van der Waals surface area contributed by atoms with Crippen LogP contribution in [0.4, 0.5) is 13.2 Å². The molecule has 1 unspecified atom stereocenters. The maximum absolute atomic E-state index is 12.8. The van der Waals surface area contributed by atoms with Gasteiger partial charge < -0.3 is 9.64 Å². The Kier molecular flexibility index (Phi) is 4.97. The summed E-state index contributed by atoms with van der Waals surface area (Å²) in [5.74, 6) is 0.640. The van der Waals surface area contributed by atoms with Gasteiger partial charge in [-0.15, -0.1) is 4.40 Å². The van der Waals surface area contributed by atoms with E-state index in [0.29, 0.717) is 18.1 Å². The fourth-order valence-electron chi connectivity index (χ4n) is 3.56. The summed E-state index contributed by atoms with van der Waals surface area (Å²) in [7, 11) is -3.44. The number of pyridine rings is 1. The van der Waals surface area contributed by atoms with E-state index in [2.05, 4.69) is 9.38 Å². The Bertz CT molecular complexity index is 1040. The number of alkyl halides is 3. The highest BCUT2D eigenvalue weighted by atomic mass is 32.2. The summed E-state index contributed by atoms with van der Waals surface area (Å²) in [6.45, 7) is 1.23. The third-order valence-electron chi connectivity index (χ3n) is 4.98. The zero-order chi connectivity index (χ0) is 20.6. The van der Waals surface area contributed by atoms with Crippen LogP contribution in [0, 0.1) is 0 Å². The van der Waals surface area contributed by atoms with Gasteiger partial charge in [0, 0.05) is 31.3 Å². The van der Waals surface area contributed by atoms with E-state index in [4.69, 9.17) is 4.74 Å². The molecule has 0 saturated carbocycles. The van der Waals surface area contributed by atoms with Gasteiger partial charge in [-0.1, -0.05) is 12.1 Å². The van der Waals surface area contributed by atoms with Crippen molar-refractivity contribution in [3.8, 4) is 11.6 Å². The van der Waals surface area contributed by atoms with Crippen LogP contribution in [0.1, 0.15) is 29.9 Å². The SMILES string of the molecule is O=S1(=O)CCN2CCCC(c3ccc(Oc4cc(C(F)(F)F)ccn4)cc3)C2=N1. The molecular formula is C19H18F3N3O3S. The number of piperidine rings is 1. The summed E-state index contributed by atoms with van der Waals surface area (Å²) in [5, 5.41) is 0. The van der Waals surface area contributed by atoms with E-state index in [1.165, 1.54) is 0 Å². The molecule has 1 atom stereocenters. The monoisotopic (exact) mass is 425 g/mol. The highest BCUT2D eigenvalue weighted by molar-refractivity contribution is 7.90. The van der Waals surface area contributed by atoms with Crippen LogP contribution in [0.25, 0.3) is 0 Å². The first-order chi connectivity index (χ1) is 13.7. The Hall–Kier alpha value is -2.62. The highest BCUT2D eigenvalue weighted by Crippen LogP contribution is 2.34. The number of benzene rings is 1. The van der Waals surface area contributed by atoms with Gasteiger partial charge >= 0.3 is 6.18 Å². The molecule has 4 rings (SSSR count). The standard InChI is InChI=1S/C19H18F3N3O3S/c20-19(21,22)14-7-8-23-17(12-14)28-15-5-3-13(4-6-15)16-2-1-9-25-10-11-29(26,27)24-18(16)25/h3-8,12,16H,1-2,9-11H2. The van der Waals surface area contributed by atoms with Crippen LogP contribution in [0.2, 0.25) is 0 Å². The molecule has 1 saturated heterocycles. The minimum atomic E-state index is -4.47. The summed E-state index contributed by atoms with van der Waals surface area (Å²) in [5.41, 5.74) is 0.0489. The maximum Gasteiger partial charge on any atom is 0.416 e. The predicted molar refractivity (Wildman–Crippen MR) is 101 cm³/mol. The molecule has 3 heterocycles. The Balaban J connectivity index is 1.55. The summed E-state index contributed by atoms with van der Waals surface area (Å²) < 4.78 is 71.7. The number of nitrogens with zero attached hydrogens (tertiary/aromatic N) is 3. The van der Waals surface area contributed by atoms with E-state index >= 15 is 0 Å². The molecule has 0 N–H and O–H groups in total. The number of fused-ring (bicyclic) bond motifs is 1. The molecule has 2 aliphatic rings. The summed E-state index contributed by atoms with van der Waals surface area (Å²) in [6.07, 6.45) is -1.72. The van der Waals surface area contributed by atoms with Crippen LogP contribution in [0.15, 0.2) is 47.0 Å². The van der Waals surface area contributed by atoms with Crippen molar-refractivity contribution in [3.05, 3.63) is 53.7 Å². The second kappa shape index (κ2) is 7.33. The largest absolute Gasteiger partial charge is 0.439 e.